The Hall–Kier alpha value is -0.470. The molecule has 0 fully saturated rings. The summed E-state index contributed by atoms with van der Waals surface area (Å²) in [6, 6.07) is 10.6. The molecule has 66 valence electrons. The van der Waals surface area contributed by atoms with Gasteiger partial charge in [0.2, 0.25) is 0 Å². The molecule has 0 heterocycles. The lowest BCUT2D eigenvalue weighted by atomic mass is 10.2. The average Bonchev–Trinajstić information content (AvgIpc) is 2.14. The predicted octanol–water partition coefficient (Wildman–Crippen LogP) is 2.49. The lowest BCUT2D eigenvalue weighted by Crippen LogP contribution is -2.08. The Morgan fingerprint density at radius 3 is 2.67 bits per heavy atom. The first-order valence-corrected chi connectivity index (χ1v) is 5.30. The third-order valence-electron chi connectivity index (χ3n) is 1.60. The second-order valence-corrected chi connectivity index (χ2v) is 3.72. The van der Waals surface area contributed by atoms with E-state index in [1.54, 1.807) is 11.9 Å². The number of rotatable bonds is 5. The Morgan fingerprint density at radius 2 is 2.00 bits per heavy atom. The van der Waals surface area contributed by atoms with Crippen LogP contribution in [0, 0.1) is 0 Å². The highest BCUT2D eigenvalue weighted by molar-refractivity contribution is 7.97. The van der Waals surface area contributed by atoms with Gasteiger partial charge < -0.3 is 0 Å². The minimum atomic E-state index is 1.06. The molecule has 0 aliphatic heterocycles. The van der Waals surface area contributed by atoms with Gasteiger partial charge in [0, 0.05) is 12.3 Å². The Balaban J connectivity index is 2.16. The summed E-state index contributed by atoms with van der Waals surface area (Å²) in [5.74, 6) is 1.13. The van der Waals surface area contributed by atoms with Crippen LogP contribution in [0.4, 0.5) is 0 Å². The molecule has 1 N–H and O–H groups in total. The lowest BCUT2D eigenvalue weighted by molar-refractivity contribution is 0.908. The van der Waals surface area contributed by atoms with Gasteiger partial charge in [-0.15, -0.1) is 0 Å². The summed E-state index contributed by atoms with van der Waals surface area (Å²) in [6.45, 7) is 3.21. The molecule has 1 nitrogen and oxygen atoms in total. The van der Waals surface area contributed by atoms with Crippen molar-refractivity contribution >= 4 is 11.9 Å². The zero-order valence-corrected chi connectivity index (χ0v) is 8.23. The summed E-state index contributed by atoms with van der Waals surface area (Å²) in [4.78, 5) is 0. The number of benzene rings is 1. The lowest BCUT2D eigenvalue weighted by Gasteiger charge is -2.01. The molecule has 0 spiro atoms. The van der Waals surface area contributed by atoms with Gasteiger partial charge in [-0.25, -0.2) is 0 Å². The van der Waals surface area contributed by atoms with Crippen LogP contribution in [0.5, 0.6) is 0 Å². The SMILES string of the molecule is CCSNCCc1ccccc1. The zero-order chi connectivity index (χ0) is 8.65. The minimum absolute atomic E-state index is 1.06. The molecule has 0 aliphatic carbocycles. The zero-order valence-electron chi connectivity index (χ0n) is 7.42. The summed E-state index contributed by atoms with van der Waals surface area (Å²) in [6.07, 6.45) is 1.12. The molecule has 12 heavy (non-hydrogen) atoms. The van der Waals surface area contributed by atoms with Crippen LogP contribution in [-0.2, 0) is 6.42 Å². The van der Waals surface area contributed by atoms with Crippen LogP contribution in [0.15, 0.2) is 30.3 Å². The van der Waals surface area contributed by atoms with Crippen molar-refractivity contribution in [3.63, 3.8) is 0 Å². The van der Waals surface area contributed by atoms with E-state index in [4.69, 9.17) is 0 Å². The number of hydrogen-bond donors (Lipinski definition) is 1. The number of hydrogen-bond acceptors (Lipinski definition) is 2. The molecule has 0 atom stereocenters. The Labute approximate surface area is 78.7 Å². The Morgan fingerprint density at radius 1 is 1.25 bits per heavy atom. The van der Waals surface area contributed by atoms with Gasteiger partial charge in [0.15, 0.2) is 0 Å². The van der Waals surface area contributed by atoms with E-state index in [2.05, 4.69) is 42.0 Å². The molecule has 0 saturated carbocycles. The molecule has 0 saturated heterocycles. The highest BCUT2D eigenvalue weighted by atomic mass is 32.2. The minimum Gasteiger partial charge on any atom is -0.264 e. The van der Waals surface area contributed by atoms with Crippen LogP contribution in [-0.4, -0.2) is 12.3 Å². The monoisotopic (exact) mass is 181 g/mol. The van der Waals surface area contributed by atoms with Gasteiger partial charge in [0.05, 0.1) is 0 Å². The molecule has 1 aromatic carbocycles. The first kappa shape index (κ1) is 9.62. The molecule has 1 aromatic rings. The van der Waals surface area contributed by atoms with Gasteiger partial charge in [-0.05, 0) is 12.0 Å². The van der Waals surface area contributed by atoms with Crippen molar-refractivity contribution in [3.05, 3.63) is 35.9 Å². The third-order valence-corrected chi connectivity index (χ3v) is 2.30. The Kier molecular flexibility index (Phi) is 4.88. The molecule has 0 aromatic heterocycles. The largest absolute Gasteiger partial charge is 0.264 e. The van der Waals surface area contributed by atoms with E-state index in [-0.39, 0.29) is 0 Å². The summed E-state index contributed by atoms with van der Waals surface area (Å²) in [7, 11) is 0. The quantitative estimate of drug-likeness (QED) is 0.553. The standard InChI is InChI=1S/C10H15NS/c1-2-12-11-9-8-10-6-4-3-5-7-10/h3-7,11H,2,8-9H2,1H3. The first-order chi connectivity index (χ1) is 5.93. The fourth-order valence-electron chi connectivity index (χ4n) is 1.01. The molecular weight excluding hydrogens is 166 g/mol. The molecular formula is C10H15NS. The first-order valence-electron chi connectivity index (χ1n) is 4.32. The molecule has 0 radical (unpaired) electrons. The fourth-order valence-corrected chi connectivity index (χ4v) is 1.46. The van der Waals surface area contributed by atoms with Crippen molar-refractivity contribution < 1.29 is 0 Å². The molecule has 0 amide bonds. The van der Waals surface area contributed by atoms with Crippen LogP contribution in [0.1, 0.15) is 12.5 Å². The van der Waals surface area contributed by atoms with Crippen molar-refractivity contribution in [2.75, 3.05) is 12.3 Å². The maximum absolute atomic E-state index is 3.30. The van der Waals surface area contributed by atoms with E-state index < -0.39 is 0 Å². The van der Waals surface area contributed by atoms with Crippen LogP contribution in [0.3, 0.4) is 0 Å². The van der Waals surface area contributed by atoms with E-state index in [0.29, 0.717) is 0 Å². The highest BCUT2D eigenvalue weighted by Crippen LogP contribution is 1.99. The third kappa shape index (κ3) is 3.79. The van der Waals surface area contributed by atoms with E-state index in [1.165, 1.54) is 5.56 Å². The van der Waals surface area contributed by atoms with Gasteiger partial charge in [-0.3, -0.25) is 4.72 Å². The van der Waals surface area contributed by atoms with Gasteiger partial charge in [-0.2, -0.15) is 0 Å². The second-order valence-electron chi connectivity index (χ2n) is 2.56. The average molecular weight is 181 g/mol. The van der Waals surface area contributed by atoms with Crippen molar-refractivity contribution in [2.24, 2.45) is 0 Å². The van der Waals surface area contributed by atoms with Crippen LogP contribution in [0.2, 0.25) is 0 Å². The topological polar surface area (TPSA) is 12.0 Å². The smallest absolute Gasteiger partial charge is 0.00990 e. The van der Waals surface area contributed by atoms with Gasteiger partial charge in [0.25, 0.3) is 0 Å². The highest BCUT2D eigenvalue weighted by Gasteiger charge is 1.89. The Bertz CT molecular complexity index is 198. The van der Waals surface area contributed by atoms with E-state index in [1.807, 2.05) is 0 Å². The second kappa shape index (κ2) is 6.09. The van der Waals surface area contributed by atoms with E-state index >= 15 is 0 Å². The number of nitrogens with one attached hydrogen (secondary N) is 1. The fraction of sp³-hybridized carbons (Fsp3) is 0.400. The molecule has 1 rings (SSSR count). The maximum Gasteiger partial charge on any atom is 0.00990 e. The summed E-state index contributed by atoms with van der Waals surface area (Å²) < 4.78 is 3.30. The van der Waals surface area contributed by atoms with Crippen molar-refractivity contribution in [1.29, 1.82) is 0 Å². The molecule has 2 heteroatoms. The summed E-state index contributed by atoms with van der Waals surface area (Å²) in [5.41, 5.74) is 1.40. The summed E-state index contributed by atoms with van der Waals surface area (Å²) in [5, 5.41) is 0. The summed E-state index contributed by atoms with van der Waals surface area (Å²) >= 11 is 1.78. The van der Waals surface area contributed by atoms with Crippen molar-refractivity contribution in [2.45, 2.75) is 13.3 Å². The maximum atomic E-state index is 3.30. The van der Waals surface area contributed by atoms with Gasteiger partial charge in [-0.1, -0.05) is 49.2 Å². The van der Waals surface area contributed by atoms with Crippen molar-refractivity contribution in [1.82, 2.24) is 4.72 Å². The normalized spacial score (nSPS) is 10.1. The van der Waals surface area contributed by atoms with Gasteiger partial charge in [0.1, 0.15) is 0 Å². The van der Waals surface area contributed by atoms with Crippen molar-refractivity contribution in [3.8, 4) is 0 Å². The van der Waals surface area contributed by atoms with E-state index in [9.17, 15) is 0 Å². The van der Waals surface area contributed by atoms with Crippen LogP contribution in [0.25, 0.3) is 0 Å². The molecule has 0 bridgehead atoms. The van der Waals surface area contributed by atoms with Gasteiger partial charge >= 0.3 is 0 Å². The predicted molar refractivity (Wildman–Crippen MR) is 56.3 cm³/mol. The van der Waals surface area contributed by atoms with Crippen LogP contribution < -0.4 is 4.72 Å². The van der Waals surface area contributed by atoms with Crippen LogP contribution >= 0.6 is 11.9 Å². The molecule has 0 unspecified atom stereocenters. The van der Waals surface area contributed by atoms with E-state index in [0.717, 1.165) is 18.7 Å². The molecule has 0 aliphatic rings.